The van der Waals surface area contributed by atoms with Crippen LogP contribution in [0.15, 0.2) is 0 Å². The Morgan fingerprint density at radius 1 is 1.42 bits per heavy atom. The van der Waals surface area contributed by atoms with Crippen molar-refractivity contribution in [2.45, 2.75) is 18.7 Å². The Morgan fingerprint density at radius 2 is 1.83 bits per heavy atom. The zero-order valence-corrected chi connectivity index (χ0v) is 7.92. The Hall–Kier alpha value is -0.820. The second-order valence-electron chi connectivity index (χ2n) is 3.09. The van der Waals surface area contributed by atoms with Crippen LogP contribution in [0.5, 0.6) is 0 Å². The second kappa shape index (κ2) is 2.11. The quantitative estimate of drug-likeness (QED) is 0.407. The fourth-order valence-corrected chi connectivity index (χ4v) is 2.13. The molecule has 0 atom stereocenters. The van der Waals surface area contributed by atoms with Crippen molar-refractivity contribution >= 4 is 16.1 Å². The van der Waals surface area contributed by atoms with Gasteiger partial charge < -0.3 is 4.90 Å². The highest BCUT2D eigenvalue weighted by atomic mass is 32.2. The molecule has 1 heterocycles. The fraction of sp³-hybridized carbons (Fsp3) is 0.800. The van der Waals surface area contributed by atoms with Crippen molar-refractivity contribution < 1.29 is 13.2 Å². The third-order valence-corrected chi connectivity index (χ3v) is 4.38. The molecule has 1 rings (SSSR count). The summed E-state index contributed by atoms with van der Waals surface area (Å²) in [5.74, 6) is 5.08. The van der Waals surface area contributed by atoms with Gasteiger partial charge in [-0.3, -0.25) is 0 Å². The van der Waals surface area contributed by atoms with Gasteiger partial charge in [-0.25, -0.2) is 19.1 Å². The maximum absolute atomic E-state index is 11.4. The summed E-state index contributed by atoms with van der Waals surface area (Å²) in [6.07, 6.45) is 0. The van der Waals surface area contributed by atoms with Crippen molar-refractivity contribution in [2.24, 2.45) is 5.84 Å². The second-order valence-corrected chi connectivity index (χ2v) is 5.43. The standard InChI is InChI=1S/C5H11N3O3S/c1-5(2)7(3)4(9)8(6)12(5,10)11/h6H2,1-3H3. The lowest BCUT2D eigenvalue weighted by Crippen LogP contribution is -2.42. The molecule has 0 unspecified atom stereocenters. The molecular formula is C5H11N3O3S. The van der Waals surface area contributed by atoms with Crippen LogP contribution in [0.2, 0.25) is 0 Å². The number of sulfonamides is 1. The lowest BCUT2D eigenvalue weighted by Gasteiger charge is -2.22. The maximum Gasteiger partial charge on any atom is 0.349 e. The van der Waals surface area contributed by atoms with Crippen LogP contribution in [0.4, 0.5) is 4.79 Å². The molecule has 0 radical (unpaired) electrons. The van der Waals surface area contributed by atoms with Gasteiger partial charge in [-0.05, 0) is 13.8 Å². The number of hydrogen-bond acceptors (Lipinski definition) is 4. The average molecular weight is 193 g/mol. The van der Waals surface area contributed by atoms with Crippen molar-refractivity contribution in [1.82, 2.24) is 9.31 Å². The van der Waals surface area contributed by atoms with Crippen LogP contribution in [-0.2, 0) is 10.0 Å². The smallest absolute Gasteiger partial charge is 0.305 e. The van der Waals surface area contributed by atoms with Gasteiger partial charge in [0.1, 0.15) is 0 Å². The van der Waals surface area contributed by atoms with E-state index in [0.717, 1.165) is 4.90 Å². The van der Waals surface area contributed by atoms with Crippen molar-refractivity contribution in [1.29, 1.82) is 0 Å². The molecule has 0 aromatic rings. The predicted octanol–water partition coefficient (Wildman–Crippen LogP) is -0.707. The van der Waals surface area contributed by atoms with Crippen LogP contribution in [-0.4, -0.2) is 35.7 Å². The fourth-order valence-electron chi connectivity index (χ4n) is 0.895. The molecule has 0 bridgehead atoms. The number of hydrogen-bond donors (Lipinski definition) is 1. The lowest BCUT2D eigenvalue weighted by atomic mass is 10.3. The third-order valence-electron chi connectivity index (χ3n) is 2.17. The van der Waals surface area contributed by atoms with E-state index in [1.807, 2.05) is 0 Å². The number of rotatable bonds is 0. The number of carbonyl (C=O) groups excluding carboxylic acids is 1. The Kier molecular flexibility index (Phi) is 1.63. The topological polar surface area (TPSA) is 83.7 Å². The average Bonchev–Trinajstić information content (AvgIpc) is 2.05. The first-order chi connectivity index (χ1) is 5.23. The molecule has 2 N–H and O–H groups in total. The minimum Gasteiger partial charge on any atom is -0.305 e. The number of hydrazine groups is 1. The van der Waals surface area contributed by atoms with Crippen molar-refractivity contribution in [3.05, 3.63) is 0 Å². The van der Waals surface area contributed by atoms with Gasteiger partial charge in [0.25, 0.3) is 10.0 Å². The molecule has 6 nitrogen and oxygen atoms in total. The minimum atomic E-state index is -3.71. The number of urea groups is 1. The maximum atomic E-state index is 11.4. The first-order valence-corrected chi connectivity index (χ1v) is 4.74. The summed E-state index contributed by atoms with van der Waals surface area (Å²) in [5.41, 5.74) is 0. The van der Waals surface area contributed by atoms with Crippen LogP contribution < -0.4 is 5.84 Å². The van der Waals surface area contributed by atoms with E-state index in [0.29, 0.717) is 0 Å². The van der Waals surface area contributed by atoms with Crippen LogP contribution in [0.3, 0.4) is 0 Å². The molecule has 70 valence electrons. The van der Waals surface area contributed by atoms with Gasteiger partial charge in [0.15, 0.2) is 4.87 Å². The van der Waals surface area contributed by atoms with Gasteiger partial charge in [-0.1, -0.05) is 0 Å². The molecular weight excluding hydrogens is 182 g/mol. The summed E-state index contributed by atoms with van der Waals surface area (Å²) < 4.78 is 23.0. The van der Waals surface area contributed by atoms with E-state index in [1.165, 1.54) is 20.9 Å². The molecule has 7 heteroatoms. The molecule has 1 fully saturated rings. The first-order valence-electron chi connectivity index (χ1n) is 3.30. The molecule has 1 aliphatic rings. The number of nitrogens with zero attached hydrogens (tertiary/aromatic N) is 2. The Balaban J connectivity index is 3.34. The molecule has 0 aromatic heterocycles. The van der Waals surface area contributed by atoms with Gasteiger partial charge >= 0.3 is 6.03 Å². The van der Waals surface area contributed by atoms with Crippen LogP contribution in [0, 0.1) is 0 Å². The van der Waals surface area contributed by atoms with Crippen LogP contribution in [0.1, 0.15) is 13.8 Å². The molecule has 0 aliphatic carbocycles. The SMILES string of the molecule is CN1C(=O)N(N)S(=O)(=O)C1(C)C. The van der Waals surface area contributed by atoms with Crippen molar-refractivity contribution in [2.75, 3.05) is 7.05 Å². The van der Waals surface area contributed by atoms with Crippen LogP contribution >= 0.6 is 0 Å². The highest BCUT2D eigenvalue weighted by Crippen LogP contribution is 2.30. The van der Waals surface area contributed by atoms with Crippen molar-refractivity contribution in [3.8, 4) is 0 Å². The monoisotopic (exact) mass is 193 g/mol. The largest absolute Gasteiger partial charge is 0.349 e. The van der Waals surface area contributed by atoms with E-state index in [9.17, 15) is 13.2 Å². The third kappa shape index (κ3) is 0.774. The van der Waals surface area contributed by atoms with E-state index < -0.39 is 20.9 Å². The van der Waals surface area contributed by atoms with Gasteiger partial charge in [0.05, 0.1) is 0 Å². The van der Waals surface area contributed by atoms with E-state index >= 15 is 0 Å². The van der Waals surface area contributed by atoms with Crippen LogP contribution in [0.25, 0.3) is 0 Å². The summed E-state index contributed by atoms with van der Waals surface area (Å²) in [7, 11) is -2.32. The predicted molar refractivity (Wildman–Crippen MR) is 42.2 cm³/mol. The van der Waals surface area contributed by atoms with Gasteiger partial charge in [-0.15, -0.1) is 0 Å². The Bertz CT molecular complexity index is 321. The summed E-state index contributed by atoms with van der Waals surface area (Å²) in [6.45, 7) is 2.85. The molecule has 0 aromatic carbocycles. The number of nitrogens with two attached hydrogens (primary N) is 1. The Morgan fingerprint density at radius 3 is 1.92 bits per heavy atom. The summed E-state index contributed by atoms with van der Waals surface area (Å²) in [4.78, 5) is 10.9. The number of amides is 2. The highest BCUT2D eigenvalue weighted by molar-refractivity contribution is 7.91. The normalized spacial score (nSPS) is 26.5. The van der Waals surface area contributed by atoms with Gasteiger partial charge in [0, 0.05) is 7.05 Å². The molecule has 1 saturated heterocycles. The van der Waals surface area contributed by atoms with E-state index in [-0.39, 0.29) is 4.41 Å². The van der Waals surface area contributed by atoms with E-state index in [4.69, 9.17) is 5.84 Å². The summed E-state index contributed by atoms with van der Waals surface area (Å²) >= 11 is 0. The summed E-state index contributed by atoms with van der Waals surface area (Å²) in [6, 6.07) is -0.708. The minimum absolute atomic E-state index is 0.271. The molecule has 0 spiro atoms. The molecule has 1 aliphatic heterocycles. The number of carbonyl (C=O) groups is 1. The van der Waals surface area contributed by atoms with Gasteiger partial charge in [0.2, 0.25) is 0 Å². The van der Waals surface area contributed by atoms with E-state index in [2.05, 4.69) is 0 Å². The molecule has 2 amide bonds. The van der Waals surface area contributed by atoms with Gasteiger partial charge in [-0.2, -0.15) is 4.41 Å². The zero-order chi connectivity index (χ0) is 9.73. The molecule has 0 saturated carbocycles. The Labute approximate surface area is 70.9 Å². The van der Waals surface area contributed by atoms with Crippen molar-refractivity contribution in [3.63, 3.8) is 0 Å². The van der Waals surface area contributed by atoms with E-state index in [1.54, 1.807) is 0 Å². The highest BCUT2D eigenvalue weighted by Gasteiger charge is 2.53. The lowest BCUT2D eigenvalue weighted by molar-refractivity contribution is 0.187. The molecule has 12 heavy (non-hydrogen) atoms. The zero-order valence-electron chi connectivity index (χ0n) is 7.10. The first kappa shape index (κ1) is 9.27. The summed E-state index contributed by atoms with van der Waals surface area (Å²) in [5, 5.41) is 0.